The summed E-state index contributed by atoms with van der Waals surface area (Å²) in [4.78, 5) is 11.5. The van der Waals surface area contributed by atoms with Crippen LogP contribution in [0, 0.1) is 0 Å². The van der Waals surface area contributed by atoms with Gasteiger partial charge >= 0.3 is 5.97 Å². The summed E-state index contributed by atoms with van der Waals surface area (Å²) in [7, 11) is 0. The summed E-state index contributed by atoms with van der Waals surface area (Å²) in [5.74, 6) is -0.211. The lowest BCUT2D eigenvalue weighted by molar-refractivity contribution is -0.150. The SMILES string of the molecule is CCOC(=O)C1(N)CCCCCC1. The van der Waals surface area contributed by atoms with Crippen LogP contribution in [-0.2, 0) is 9.53 Å². The number of carbonyl (C=O) groups excluding carboxylic acids is 1. The van der Waals surface area contributed by atoms with Crippen molar-refractivity contribution < 1.29 is 9.53 Å². The van der Waals surface area contributed by atoms with E-state index >= 15 is 0 Å². The van der Waals surface area contributed by atoms with Crippen molar-refractivity contribution in [3.05, 3.63) is 0 Å². The molecule has 0 saturated heterocycles. The Kier molecular flexibility index (Phi) is 3.72. The van der Waals surface area contributed by atoms with Gasteiger partial charge in [0, 0.05) is 0 Å². The highest BCUT2D eigenvalue weighted by atomic mass is 16.5. The van der Waals surface area contributed by atoms with Crippen molar-refractivity contribution in [1.29, 1.82) is 0 Å². The Morgan fingerprint density at radius 1 is 1.31 bits per heavy atom. The Morgan fingerprint density at radius 3 is 2.31 bits per heavy atom. The van der Waals surface area contributed by atoms with E-state index in [9.17, 15) is 4.79 Å². The summed E-state index contributed by atoms with van der Waals surface area (Å²) in [6.45, 7) is 2.25. The second-order valence-corrected chi connectivity index (χ2v) is 3.79. The Balaban J connectivity index is 2.55. The van der Waals surface area contributed by atoms with Crippen LogP contribution in [0.3, 0.4) is 0 Å². The summed E-state index contributed by atoms with van der Waals surface area (Å²) in [6, 6.07) is 0. The van der Waals surface area contributed by atoms with E-state index in [1.807, 2.05) is 6.92 Å². The third-order valence-corrected chi connectivity index (χ3v) is 2.68. The number of rotatable bonds is 2. The standard InChI is InChI=1S/C10H19NO2/c1-2-13-9(12)10(11)7-5-3-4-6-8-10/h2-8,11H2,1H3. The predicted octanol–water partition coefficient (Wildman–Crippen LogP) is 1.60. The quantitative estimate of drug-likeness (QED) is 0.525. The number of ether oxygens (including phenoxy) is 1. The monoisotopic (exact) mass is 185 g/mol. The van der Waals surface area contributed by atoms with Crippen LogP contribution in [0.5, 0.6) is 0 Å². The minimum Gasteiger partial charge on any atom is -0.465 e. The molecule has 3 heteroatoms. The van der Waals surface area contributed by atoms with Crippen LogP contribution < -0.4 is 5.73 Å². The first kappa shape index (κ1) is 10.5. The molecule has 0 heterocycles. The molecule has 0 radical (unpaired) electrons. The molecule has 1 fully saturated rings. The van der Waals surface area contributed by atoms with E-state index in [0.717, 1.165) is 25.7 Å². The zero-order valence-electron chi connectivity index (χ0n) is 8.34. The van der Waals surface area contributed by atoms with E-state index in [2.05, 4.69) is 0 Å². The smallest absolute Gasteiger partial charge is 0.326 e. The first-order valence-electron chi connectivity index (χ1n) is 5.15. The zero-order valence-corrected chi connectivity index (χ0v) is 8.34. The third-order valence-electron chi connectivity index (χ3n) is 2.68. The molecule has 2 N–H and O–H groups in total. The summed E-state index contributed by atoms with van der Waals surface area (Å²) >= 11 is 0. The van der Waals surface area contributed by atoms with Gasteiger partial charge in [-0.2, -0.15) is 0 Å². The highest BCUT2D eigenvalue weighted by Gasteiger charge is 2.35. The first-order chi connectivity index (χ1) is 6.19. The molecule has 0 atom stereocenters. The van der Waals surface area contributed by atoms with Crippen LogP contribution in [0.4, 0.5) is 0 Å². The Labute approximate surface area is 79.6 Å². The van der Waals surface area contributed by atoms with Crippen molar-refractivity contribution in [2.45, 2.75) is 51.0 Å². The highest BCUT2D eigenvalue weighted by Crippen LogP contribution is 2.25. The molecule has 0 spiro atoms. The van der Waals surface area contributed by atoms with Gasteiger partial charge in [0.25, 0.3) is 0 Å². The van der Waals surface area contributed by atoms with E-state index in [4.69, 9.17) is 10.5 Å². The van der Waals surface area contributed by atoms with Crippen molar-refractivity contribution in [3.8, 4) is 0 Å². The largest absolute Gasteiger partial charge is 0.465 e. The maximum absolute atomic E-state index is 11.5. The van der Waals surface area contributed by atoms with Crippen molar-refractivity contribution in [2.75, 3.05) is 6.61 Å². The predicted molar refractivity (Wildman–Crippen MR) is 51.3 cm³/mol. The molecular weight excluding hydrogens is 166 g/mol. The molecule has 1 rings (SSSR count). The van der Waals surface area contributed by atoms with Gasteiger partial charge in [0.05, 0.1) is 6.61 Å². The van der Waals surface area contributed by atoms with Crippen molar-refractivity contribution >= 4 is 5.97 Å². The zero-order chi connectivity index (χ0) is 9.73. The summed E-state index contributed by atoms with van der Waals surface area (Å²) < 4.78 is 4.98. The Bertz CT molecular complexity index is 172. The maximum Gasteiger partial charge on any atom is 0.326 e. The fourth-order valence-corrected chi connectivity index (χ4v) is 1.84. The van der Waals surface area contributed by atoms with Gasteiger partial charge in [0.2, 0.25) is 0 Å². The van der Waals surface area contributed by atoms with Crippen molar-refractivity contribution in [3.63, 3.8) is 0 Å². The Morgan fingerprint density at radius 2 is 1.85 bits per heavy atom. The van der Waals surface area contributed by atoms with Gasteiger partial charge in [-0.3, -0.25) is 4.79 Å². The van der Waals surface area contributed by atoms with Gasteiger partial charge in [-0.25, -0.2) is 0 Å². The van der Waals surface area contributed by atoms with Crippen molar-refractivity contribution in [1.82, 2.24) is 0 Å². The van der Waals surface area contributed by atoms with Crippen LogP contribution >= 0.6 is 0 Å². The number of esters is 1. The van der Waals surface area contributed by atoms with E-state index in [1.165, 1.54) is 12.8 Å². The van der Waals surface area contributed by atoms with Gasteiger partial charge < -0.3 is 10.5 Å². The molecule has 76 valence electrons. The van der Waals surface area contributed by atoms with Gasteiger partial charge in [-0.1, -0.05) is 25.7 Å². The molecule has 0 unspecified atom stereocenters. The van der Waals surface area contributed by atoms with E-state index in [-0.39, 0.29) is 5.97 Å². The molecular formula is C10H19NO2. The second kappa shape index (κ2) is 4.61. The molecule has 13 heavy (non-hydrogen) atoms. The lowest BCUT2D eigenvalue weighted by atomic mass is 9.92. The molecule has 3 nitrogen and oxygen atoms in total. The average Bonchev–Trinajstić information content (AvgIpc) is 2.32. The fourth-order valence-electron chi connectivity index (χ4n) is 1.84. The van der Waals surface area contributed by atoms with Gasteiger partial charge in [0.15, 0.2) is 0 Å². The van der Waals surface area contributed by atoms with Gasteiger partial charge in [0.1, 0.15) is 5.54 Å². The van der Waals surface area contributed by atoms with Crippen molar-refractivity contribution in [2.24, 2.45) is 5.73 Å². The Hall–Kier alpha value is -0.570. The maximum atomic E-state index is 11.5. The number of hydrogen-bond acceptors (Lipinski definition) is 3. The molecule has 0 bridgehead atoms. The van der Waals surface area contributed by atoms with E-state index < -0.39 is 5.54 Å². The third kappa shape index (κ3) is 2.69. The average molecular weight is 185 g/mol. The molecule has 0 aromatic rings. The summed E-state index contributed by atoms with van der Waals surface area (Å²) in [5, 5.41) is 0. The fraction of sp³-hybridized carbons (Fsp3) is 0.900. The summed E-state index contributed by atoms with van der Waals surface area (Å²) in [5.41, 5.74) is 5.33. The molecule has 0 aromatic heterocycles. The highest BCUT2D eigenvalue weighted by molar-refractivity contribution is 5.80. The van der Waals surface area contributed by atoms with Crippen LogP contribution in [0.15, 0.2) is 0 Å². The lowest BCUT2D eigenvalue weighted by Gasteiger charge is -2.24. The summed E-state index contributed by atoms with van der Waals surface area (Å²) in [6.07, 6.45) is 6.05. The molecule has 0 aromatic carbocycles. The minimum atomic E-state index is -0.688. The molecule has 1 aliphatic carbocycles. The number of carbonyl (C=O) groups is 1. The van der Waals surface area contributed by atoms with E-state index in [1.54, 1.807) is 0 Å². The molecule has 0 aliphatic heterocycles. The minimum absolute atomic E-state index is 0.211. The lowest BCUT2D eigenvalue weighted by Crippen LogP contribution is -2.48. The van der Waals surface area contributed by atoms with Crippen LogP contribution in [0.2, 0.25) is 0 Å². The van der Waals surface area contributed by atoms with Gasteiger partial charge in [-0.15, -0.1) is 0 Å². The normalized spacial score (nSPS) is 22.0. The number of nitrogens with two attached hydrogens (primary N) is 1. The topological polar surface area (TPSA) is 52.3 Å². The molecule has 1 aliphatic rings. The molecule has 1 saturated carbocycles. The van der Waals surface area contributed by atoms with Crippen LogP contribution in [0.1, 0.15) is 45.4 Å². The van der Waals surface area contributed by atoms with Crippen LogP contribution in [0.25, 0.3) is 0 Å². The van der Waals surface area contributed by atoms with E-state index in [0.29, 0.717) is 6.61 Å². The first-order valence-corrected chi connectivity index (χ1v) is 5.15. The number of hydrogen-bond donors (Lipinski definition) is 1. The molecule has 0 amide bonds. The second-order valence-electron chi connectivity index (χ2n) is 3.79. The van der Waals surface area contributed by atoms with Gasteiger partial charge in [-0.05, 0) is 19.8 Å². The van der Waals surface area contributed by atoms with Crippen LogP contribution in [-0.4, -0.2) is 18.1 Å².